The lowest BCUT2D eigenvalue weighted by atomic mass is 9.97. The molecule has 0 amide bonds. The molecule has 2 aliphatic heterocycles. The Labute approximate surface area is 247 Å². The summed E-state index contributed by atoms with van der Waals surface area (Å²) in [6, 6.07) is 0. The number of rotatable bonds is 12. The highest BCUT2D eigenvalue weighted by Crippen LogP contribution is 2.32. The summed E-state index contributed by atoms with van der Waals surface area (Å²) in [6.07, 6.45) is -12.7. The van der Waals surface area contributed by atoms with Crippen molar-refractivity contribution in [3.8, 4) is 0 Å². The molecular formula is C26H38O17. The maximum atomic E-state index is 12.0. The predicted molar refractivity (Wildman–Crippen MR) is 135 cm³/mol. The molecule has 2 saturated heterocycles. The molecule has 10 atom stereocenters. The average molecular weight is 623 g/mol. The molecule has 43 heavy (non-hydrogen) atoms. The lowest BCUT2D eigenvalue weighted by Crippen LogP contribution is -2.63. The van der Waals surface area contributed by atoms with Gasteiger partial charge in [0.05, 0.1) is 13.2 Å². The van der Waals surface area contributed by atoms with Gasteiger partial charge in [-0.2, -0.15) is 0 Å². The van der Waals surface area contributed by atoms with Crippen molar-refractivity contribution in [2.45, 2.75) is 103 Å². The van der Waals surface area contributed by atoms with E-state index in [1.165, 1.54) is 14.2 Å². The third-order valence-corrected chi connectivity index (χ3v) is 6.02. The van der Waals surface area contributed by atoms with Gasteiger partial charge in [-0.1, -0.05) is 0 Å². The van der Waals surface area contributed by atoms with Gasteiger partial charge in [0.15, 0.2) is 49.2 Å². The molecule has 2 heterocycles. The number of hydrogen-bond donors (Lipinski definition) is 0. The summed E-state index contributed by atoms with van der Waals surface area (Å²) < 4.78 is 60.2. The lowest BCUT2D eigenvalue weighted by molar-refractivity contribution is -0.313. The minimum absolute atomic E-state index is 0.349. The second kappa shape index (κ2) is 16.5. The number of esters is 6. The van der Waals surface area contributed by atoms with E-state index in [0.717, 1.165) is 41.5 Å². The monoisotopic (exact) mass is 622 g/mol. The van der Waals surface area contributed by atoms with Gasteiger partial charge in [0.1, 0.15) is 12.2 Å². The molecule has 0 aromatic carbocycles. The van der Waals surface area contributed by atoms with E-state index >= 15 is 0 Å². The van der Waals surface area contributed by atoms with Gasteiger partial charge in [0.25, 0.3) is 0 Å². The first-order valence-electron chi connectivity index (χ1n) is 13.2. The molecule has 17 heteroatoms. The Balaban J connectivity index is 2.34. The minimum atomic E-state index is -1.34. The fourth-order valence-electron chi connectivity index (χ4n) is 4.66. The fourth-order valence-corrected chi connectivity index (χ4v) is 4.66. The molecule has 17 nitrogen and oxygen atoms in total. The Hall–Kier alpha value is -3.38. The van der Waals surface area contributed by atoms with Crippen molar-refractivity contribution in [3.63, 3.8) is 0 Å². The Morgan fingerprint density at radius 1 is 0.442 bits per heavy atom. The highest BCUT2D eigenvalue weighted by molar-refractivity contribution is 5.69. The van der Waals surface area contributed by atoms with Crippen molar-refractivity contribution in [3.05, 3.63) is 0 Å². The maximum Gasteiger partial charge on any atom is 0.303 e. The van der Waals surface area contributed by atoms with Crippen LogP contribution in [-0.4, -0.2) is 125 Å². The van der Waals surface area contributed by atoms with E-state index in [1.807, 2.05) is 0 Å². The quantitative estimate of drug-likeness (QED) is 0.196. The van der Waals surface area contributed by atoms with Crippen LogP contribution in [0.2, 0.25) is 0 Å². The Morgan fingerprint density at radius 2 is 0.698 bits per heavy atom. The fraction of sp³-hybridized carbons (Fsp3) is 0.769. The number of carbonyl (C=O) groups is 6. The van der Waals surface area contributed by atoms with Crippen LogP contribution in [0.1, 0.15) is 41.5 Å². The summed E-state index contributed by atoms with van der Waals surface area (Å²) in [5.41, 5.74) is 0. The lowest BCUT2D eigenvalue weighted by Gasteiger charge is -2.45. The van der Waals surface area contributed by atoms with Gasteiger partial charge in [-0.05, 0) is 0 Å². The molecule has 2 fully saturated rings. The smallest absolute Gasteiger partial charge is 0.303 e. The molecule has 2 aliphatic rings. The summed E-state index contributed by atoms with van der Waals surface area (Å²) in [6.45, 7) is 6.01. The molecule has 0 spiro atoms. The van der Waals surface area contributed by atoms with E-state index in [1.54, 1.807) is 0 Å². The van der Waals surface area contributed by atoms with Crippen molar-refractivity contribution >= 4 is 35.8 Å². The molecule has 0 aliphatic carbocycles. The van der Waals surface area contributed by atoms with E-state index in [4.69, 9.17) is 52.1 Å². The summed E-state index contributed by atoms with van der Waals surface area (Å²) in [7, 11) is 2.52. The van der Waals surface area contributed by atoms with E-state index in [9.17, 15) is 28.8 Å². The van der Waals surface area contributed by atoms with E-state index < -0.39 is 97.2 Å². The van der Waals surface area contributed by atoms with Crippen LogP contribution < -0.4 is 0 Å². The summed E-state index contributed by atoms with van der Waals surface area (Å²) in [4.78, 5) is 71.4. The molecule has 0 radical (unpaired) electrons. The summed E-state index contributed by atoms with van der Waals surface area (Å²) in [5.74, 6) is -4.53. The summed E-state index contributed by atoms with van der Waals surface area (Å²) in [5, 5.41) is 0. The molecule has 0 bridgehead atoms. The van der Waals surface area contributed by atoms with Crippen molar-refractivity contribution in [1.82, 2.24) is 0 Å². The number of carbonyl (C=O) groups excluding carboxylic acids is 6. The van der Waals surface area contributed by atoms with Gasteiger partial charge in [0.2, 0.25) is 0 Å². The zero-order valence-corrected chi connectivity index (χ0v) is 25.1. The van der Waals surface area contributed by atoms with Crippen LogP contribution in [0, 0.1) is 0 Å². The first kappa shape index (κ1) is 35.8. The van der Waals surface area contributed by atoms with Crippen LogP contribution in [-0.2, 0) is 80.9 Å². The molecule has 244 valence electrons. The number of ether oxygens (including phenoxy) is 11. The van der Waals surface area contributed by atoms with Gasteiger partial charge in [0, 0.05) is 55.8 Å². The van der Waals surface area contributed by atoms with Gasteiger partial charge >= 0.3 is 35.8 Å². The van der Waals surface area contributed by atoms with Crippen molar-refractivity contribution in [1.29, 1.82) is 0 Å². The van der Waals surface area contributed by atoms with Gasteiger partial charge in [-0.3, -0.25) is 28.8 Å². The zero-order chi connectivity index (χ0) is 32.4. The van der Waals surface area contributed by atoms with Crippen molar-refractivity contribution in [2.24, 2.45) is 0 Å². The van der Waals surface area contributed by atoms with E-state index in [2.05, 4.69) is 0 Å². The average Bonchev–Trinajstić information content (AvgIpc) is 2.88. The SMILES string of the molecule is CO[C@H]1O[C@H](COC[C@H]2O[C@H](OC)[C@@H](OC(C)=O)[C@@H](OC(C)=O)[C@@H]2OC(C)=O)[C@@H](OC(C)=O)[C@H](OC(C)=O)[C@@H]1OC(C)=O. The topological polar surface area (TPSA) is 204 Å². The standard InChI is InChI=1S/C26H38O17/c1-11(27)36-19-17(42-25(33-7)23(40-15(5)31)21(19)38-13(3)29)9-35-10-18-20(37-12(2)28)22(39-14(4)30)24(41-16(6)32)26(34-8)43-18/h17-26H,9-10H2,1-8H3/t17-,18-,19-,20-,21+,22+,23+,24+,25+,26+/m1/s1. The van der Waals surface area contributed by atoms with Crippen molar-refractivity contribution in [2.75, 3.05) is 27.4 Å². The van der Waals surface area contributed by atoms with E-state index in [0.29, 0.717) is 0 Å². The highest BCUT2D eigenvalue weighted by atomic mass is 16.7. The predicted octanol–water partition coefficient (Wildman–Crippen LogP) is -0.664. The minimum Gasteiger partial charge on any atom is -0.456 e. The number of hydrogen-bond acceptors (Lipinski definition) is 17. The zero-order valence-electron chi connectivity index (χ0n) is 25.1. The van der Waals surface area contributed by atoms with Crippen LogP contribution in [0.25, 0.3) is 0 Å². The second-order valence-electron chi connectivity index (χ2n) is 9.54. The molecule has 0 saturated carbocycles. The second-order valence-corrected chi connectivity index (χ2v) is 9.54. The van der Waals surface area contributed by atoms with Gasteiger partial charge in [-0.15, -0.1) is 0 Å². The Bertz CT molecular complexity index is 936. The largest absolute Gasteiger partial charge is 0.456 e. The number of methoxy groups -OCH3 is 2. The highest BCUT2D eigenvalue weighted by Gasteiger charge is 2.54. The third-order valence-electron chi connectivity index (χ3n) is 6.02. The van der Waals surface area contributed by atoms with Crippen LogP contribution in [0.4, 0.5) is 0 Å². The molecular weight excluding hydrogens is 584 g/mol. The van der Waals surface area contributed by atoms with Gasteiger partial charge < -0.3 is 52.1 Å². The van der Waals surface area contributed by atoms with Crippen LogP contribution in [0.5, 0.6) is 0 Å². The first-order valence-corrected chi connectivity index (χ1v) is 13.2. The van der Waals surface area contributed by atoms with Crippen LogP contribution in [0.15, 0.2) is 0 Å². The molecule has 0 N–H and O–H groups in total. The van der Waals surface area contributed by atoms with Gasteiger partial charge in [-0.25, -0.2) is 0 Å². The molecule has 0 aromatic heterocycles. The molecule has 2 rings (SSSR count). The normalized spacial score (nSPS) is 32.1. The Morgan fingerprint density at radius 3 is 0.953 bits per heavy atom. The third kappa shape index (κ3) is 10.4. The van der Waals surface area contributed by atoms with Crippen LogP contribution in [0.3, 0.4) is 0 Å². The summed E-state index contributed by atoms with van der Waals surface area (Å²) >= 11 is 0. The Kier molecular flexibility index (Phi) is 13.7. The molecule has 0 aromatic rings. The van der Waals surface area contributed by atoms with Crippen LogP contribution >= 0.6 is 0 Å². The van der Waals surface area contributed by atoms with Crippen molar-refractivity contribution < 1.29 is 80.9 Å². The maximum absolute atomic E-state index is 12.0. The molecule has 0 unspecified atom stereocenters. The van der Waals surface area contributed by atoms with E-state index in [-0.39, 0.29) is 13.2 Å². The first-order chi connectivity index (χ1) is 20.2.